The minimum Gasteiger partial charge on any atom is -0.459 e. The van der Waals surface area contributed by atoms with E-state index in [1.807, 2.05) is 24.3 Å². The zero-order valence-corrected chi connectivity index (χ0v) is 18.6. The van der Waals surface area contributed by atoms with Crippen LogP contribution in [0.2, 0.25) is 10.0 Å². The molecule has 3 aromatic rings. The molecule has 2 aromatic carbocycles. The Hall–Kier alpha value is -3.22. The number of anilines is 2. The van der Waals surface area contributed by atoms with E-state index >= 15 is 0 Å². The molecule has 0 unspecified atom stereocenters. The number of carbonyl (C=O) groups excluding carboxylic acids is 2. The number of carbonyl (C=O) groups is 2. The zero-order chi connectivity index (χ0) is 22.5. The number of nitrogens with zero attached hydrogens (tertiary/aromatic N) is 2. The van der Waals surface area contributed by atoms with Gasteiger partial charge in [0.2, 0.25) is 5.91 Å². The van der Waals surface area contributed by atoms with Gasteiger partial charge in [-0.05, 0) is 54.1 Å². The standard InChI is InChI=1S/C24H21Cl2N3O3/c25-18-6-3-17(4-7-18)5-10-23(30)27-19-8-9-21(20(26)16-19)28-11-13-29(14-12-28)24(31)22-2-1-15-32-22/h1-10,15-16H,11-14H2,(H,27,30)/b10-5+. The van der Waals surface area contributed by atoms with E-state index in [2.05, 4.69) is 10.2 Å². The first kappa shape index (κ1) is 22.0. The Morgan fingerprint density at radius 3 is 2.38 bits per heavy atom. The van der Waals surface area contributed by atoms with Crippen LogP contribution >= 0.6 is 23.2 Å². The molecule has 32 heavy (non-hydrogen) atoms. The second-order valence-corrected chi connectivity index (χ2v) is 8.14. The number of piperazine rings is 1. The molecule has 1 N–H and O–H groups in total. The van der Waals surface area contributed by atoms with Crippen molar-refractivity contribution in [3.05, 3.63) is 88.3 Å². The van der Waals surface area contributed by atoms with Crippen LogP contribution in [0.4, 0.5) is 11.4 Å². The largest absolute Gasteiger partial charge is 0.459 e. The van der Waals surface area contributed by atoms with Crippen LogP contribution < -0.4 is 10.2 Å². The lowest BCUT2D eigenvalue weighted by Crippen LogP contribution is -2.48. The minimum absolute atomic E-state index is 0.106. The van der Waals surface area contributed by atoms with Crippen molar-refractivity contribution >= 4 is 52.5 Å². The van der Waals surface area contributed by atoms with Crippen molar-refractivity contribution in [2.24, 2.45) is 0 Å². The first-order chi connectivity index (χ1) is 15.5. The molecule has 0 radical (unpaired) electrons. The van der Waals surface area contributed by atoms with Gasteiger partial charge in [0.15, 0.2) is 5.76 Å². The van der Waals surface area contributed by atoms with Crippen molar-refractivity contribution in [3.8, 4) is 0 Å². The highest BCUT2D eigenvalue weighted by atomic mass is 35.5. The summed E-state index contributed by atoms with van der Waals surface area (Å²) in [4.78, 5) is 28.5. The molecular weight excluding hydrogens is 449 g/mol. The minimum atomic E-state index is -0.256. The predicted molar refractivity (Wildman–Crippen MR) is 127 cm³/mol. The van der Waals surface area contributed by atoms with Crippen LogP contribution in [0.5, 0.6) is 0 Å². The number of nitrogens with one attached hydrogen (secondary N) is 1. The molecule has 0 saturated carbocycles. The van der Waals surface area contributed by atoms with Crippen molar-refractivity contribution in [2.45, 2.75) is 0 Å². The van der Waals surface area contributed by atoms with Crippen molar-refractivity contribution in [1.29, 1.82) is 0 Å². The highest BCUT2D eigenvalue weighted by Gasteiger charge is 2.24. The summed E-state index contributed by atoms with van der Waals surface area (Å²) in [5.74, 6) is -0.0130. The molecule has 2 heterocycles. The molecule has 4 rings (SSSR count). The number of hydrogen-bond donors (Lipinski definition) is 1. The zero-order valence-electron chi connectivity index (χ0n) is 17.1. The van der Waals surface area contributed by atoms with Gasteiger partial charge < -0.3 is 19.5 Å². The second-order valence-electron chi connectivity index (χ2n) is 7.30. The Morgan fingerprint density at radius 1 is 0.969 bits per heavy atom. The van der Waals surface area contributed by atoms with Gasteiger partial charge in [-0.15, -0.1) is 0 Å². The molecular formula is C24H21Cl2N3O3. The molecule has 0 bridgehead atoms. The van der Waals surface area contributed by atoms with Crippen LogP contribution in [0.1, 0.15) is 16.1 Å². The van der Waals surface area contributed by atoms with Gasteiger partial charge in [-0.1, -0.05) is 35.3 Å². The maximum Gasteiger partial charge on any atom is 0.289 e. The monoisotopic (exact) mass is 469 g/mol. The SMILES string of the molecule is O=C(/C=C/c1ccc(Cl)cc1)Nc1ccc(N2CCN(C(=O)c3ccco3)CC2)c(Cl)c1. The Bertz CT molecular complexity index is 1120. The molecule has 0 spiro atoms. The first-order valence-corrected chi connectivity index (χ1v) is 10.9. The lowest BCUT2D eigenvalue weighted by molar-refractivity contribution is -0.111. The van der Waals surface area contributed by atoms with Gasteiger partial charge in [-0.2, -0.15) is 0 Å². The van der Waals surface area contributed by atoms with E-state index < -0.39 is 0 Å². The quantitative estimate of drug-likeness (QED) is 0.521. The first-order valence-electron chi connectivity index (χ1n) is 10.1. The average Bonchev–Trinajstić information content (AvgIpc) is 3.34. The third-order valence-electron chi connectivity index (χ3n) is 5.15. The predicted octanol–water partition coefficient (Wildman–Crippen LogP) is 5.20. The smallest absolute Gasteiger partial charge is 0.289 e. The van der Waals surface area contributed by atoms with Gasteiger partial charge in [-0.25, -0.2) is 0 Å². The number of amides is 2. The Morgan fingerprint density at radius 2 is 1.72 bits per heavy atom. The van der Waals surface area contributed by atoms with E-state index in [1.165, 1.54) is 12.3 Å². The molecule has 1 aliphatic rings. The second kappa shape index (κ2) is 9.94. The van der Waals surface area contributed by atoms with Crippen LogP contribution in [0.15, 0.2) is 71.4 Å². The van der Waals surface area contributed by atoms with E-state index in [4.69, 9.17) is 27.6 Å². The van der Waals surface area contributed by atoms with Crippen molar-refractivity contribution in [2.75, 3.05) is 36.4 Å². The molecule has 6 nitrogen and oxygen atoms in total. The molecule has 0 atom stereocenters. The fraction of sp³-hybridized carbons (Fsp3) is 0.167. The molecule has 2 amide bonds. The topological polar surface area (TPSA) is 65.8 Å². The number of halogens is 2. The van der Waals surface area contributed by atoms with Crippen molar-refractivity contribution < 1.29 is 14.0 Å². The summed E-state index contributed by atoms with van der Waals surface area (Å²) in [5.41, 5.74) is 2.35. The molecule has 1 aliphatic heterocycles. The highest BCUT2D eigenvalue weighted by molar-refractivity contribution is 6.33. The molecule has 164 valence electrons. The van der Waals surface area contributed by atoms with Crippen LogP contribution in [-0.2, 0) is 4.79 Å². The Kier molecular flexibility index (Phi) is 6.83. The number of furan rings is 1. The number of benzene rings is 2. The average molecular weight is 470 g/mol. The van der Waals surface area contributed by atoms with E-state index in [0.717, 1.165) is 11.3 Å². The molecule has 0 aliphatic carbocycles. The Labute approximate surface area is 196 Å². The van der Waals surface area contributed by atoms with Crippen molar-refractivity contribution in [3.63, 3.8) is 0 Å². The molecule has 1 aromatic heterocycles. The van der Waals surface area contributed by atoms with E-state index in [-0.39, 0.29) is 11.8 Å². The van der Waals surface area contributed by atoms with Gasteiger partial charge >= 0.3 is 0 Å². The number of hydrogen-bond acceptors (Lipinski definition) is 4. The highest BCUT2D eigenvalue weighted by Crippen LogP contribution is 2.30. The molecule has 8 heteroatoms. The Balaban J connectivity index is 1.33. The summed E-state index contributed by atoms with van der Waals surface area (Å²) >= 11 is 12.4. The lowest BCUT2D eigenvalue weighted by atomic mass is 10.2. The van der Waals surface area contributed by atoms with Crippen LogP contribution in [0.3, 0.4) is 0 Å². The van der Waals surface area contributed by atoms with Crippen LogP contribution in [-0.4, -0.2) is 42.9 Å². The summed E-state index contributed by atoms with van der Waals surface area (Å²) in [6.45, 7) is 2.46. The van der Waals surface area contributed by atoms with E-state index in [0.29, 0.717) is 47.7 Å². The van der Waals surface area contributed by atoms with E-state index in [1.54, 1.807) is 41.3 Å². The molecule has 1 fully saturated rings. The fourth-order valence-corrected chi connectivity index (χ4v) is 3.90. The van der Waals surface area contributed by atoms with Crippen LogP contribution in [0.25, 0.3) is 6.08 Å². The van der Waals surface area contributed by atoms with Gasteiger partial charge in [0, 0.05) is 43.0 Å². The van der Waals surface area contributed by atoms with Gasteiger partial charge in [0.25, 0.3) is 5.91 Å². The third-order valence-corrected chi connectivity index (χ3v) is 5.71. The van der Waals surface area contributed by atoms with Gasteiger partial charge in [0.05, 0.1) is 17.0 Å². The van der Waals surface area contributed by atoms with Gasteiger partial charge in [-0.3, -0.25) is 9.59 Å². The maximum absolute atomic E-state index is 12.4. The summed E-state index contributed by atoms with van der Waals surface area (Å²) < 4.78 is 5.20. The third kappa shape index (κ3) is 5.33. The fourth-order valence-electron chi connectivity index (χ4n) is 3.48. The maximum atomic E-state index is 12.4. The van der Waals surface area contributed by atoms with Crippen LogP contribution in [0, 0.1) is 0 Å². The summed E-state index contributed by atoms with van der Waals surface area (Å²) in [6.07, 6.45) is 4.67. The van der Waals surface area contributed by atoms with Gasteiger partial charge in [0.1, 0.15) is 0 Å². The summed E-state index contributed by atoms with van der Waals surface area (Å²) in [5, 5.41) is 4.00. The van der Waals surface area contributed by atoms with Crippen molar-refractivity contribution in [1.82, 2.24) is 4.90 Å². The summed E-state index contributed by atoms with van der Waals surface area (Å²) in [7, 11) is 0. The number of rotatable bonds is 5. The normalized spacial score (nSPS) is 14.1. The lowest BCUT2D eigenvalue weighted by Gasteiger charge is -2.36. The summed E-state index contributed by atoms with van der Waals surface area (Å²) in [6, 6.07) is 16.0. The molecule has 1 saturated heterocycles. The van der Waals surface area contributed by atoms with E-state index in [9.17, 15) is 9.59 Å².